The van der Waals surface area contributed by atoms with E-state index in [-0.39, 0.29) is 17.5 Å². The van der Waals surface area contributed by atoms with Gasteiger partial charge in [-0.3, -0.25) is 4.79 Å². The number of ether oxygens (including phenoxy) is 1. The van der Waals surface area contributed by atoms with Crippen LogP contribution >= 0.6 is 0 Å². The topological polar surface area (TPSA) is 26.3 Å². The van der Waals surface area contributed by atoms with Gasteiger partial charge in [0, 0.05) is 18.3 Å². The Balaban J connectivity index is 1.99. The van der Waals surface area contributed by atoms with Crippen LogP contribution in [-0.4, -0.2) is 12.1 Å². The Labute approximate surface area is 115 Å². The molecule has 3 aliphatic rings. The molecule has 0 amide bonds. The molecule has 19 heavy (non-hydrogen) atoms. The number of allylic oxidation sites excluding steroid dienone is 4. The number of esters is 1. The van der Waals surface area contributed by atoms with E-state index in [4.69, 9.17) is 4.74 Å². The molecule has 0 N–H and O–H groups in total. The monoisotopic (exact) mass is 258 g/mol. The lowest BCUT2D eigenvalue weighted by molar-refractivity contribution is -0.150. The van der Waals surface area contributed by atoms with Crippen LogP contribution in [-0.2, 0) is 9.53 Å². The summed E-state index contributed by atoms with van der Waals surface area (Å²) in [6.45, 7) is 14.3. The standard InChI is InChI=1S/C17H22O2/c1-9(2)15-16-14(19-12(5)18)8-10(3)13-7-6-11(4)17(13,15)16/h6-7,10,13-16H,1,4,8H2,2-3,5H3/t10-,13+,14+,15+,16-,17+/m0/s1. The third-order valence-electron chi connectivity index (χ3n) is 5.39. The highest BCUT2D eigenvalue weighted by atomic mass is 16.5. The van der Waals surface area contributed by atoms with Gasteiger partial charge in [-0.1, -0.05) is 37.8 Å². The summed E-state index contributed by atoms with van der Waals surface area (Å²) < 4.78 is 5.60. The summed E-state index contributed by atoms with van der Waals surface area (Å²) in [4.78, 5) is 11.3. The second-order valence-corrected chi connectivity index (χ2v) is 6.55. The van der Waals surface area contributed by atoms with Gasteiger partial charge in [-0.05, 0) is 36.7 Å². The van der Waals surface area contributed by atoms with Crippen LogP contribution in [0.3, 0.4) is 0 Å². The van der Waals surface area contributed by atoms with Crippen molar-refractivity contribution in [3.63, 3.8) is 0 Å². The molecule has 102 valence electrons. The first-order valence-electron chi connectivity index (χ1n) is 7.10. The first kappa shape index (κ1) is 12.7. The molecule has 2 nitrogen and oxygen atoms in total. The average molecular weight is 258 g/mol. The van der Waals surface area contributed by atoms with Gasteiger partial charge in [0.15, 0.2) is 0 Å². The fourth-order valence-electron chi connectivity index (χ4n) is 4.91. The third kappa shape index (κ3) is 1.46. The maximum absolute atomic E-state index is 11.3. The minimum atomic E-state index is -0.172. The lowest BCUT2D eigenvalue weighted by Gasteiger charge is -2.36. The van der Waals surface area contributed by atoms with Gasteiger partial charge in [-0.25, -0.2) is 0 Å². The Morgan fingerprint density at radius 3 is 2.74 bits per heavy atom. The third-order valence-corrected chi connectivity index (χ3v) is 5.39. The predicted octanol–water partition coefficient (Wildman–Crippen LogP) is 3.51. The van der Waals surface area contributed by atoms with Crippen molar-refractivity contribution >= 4 is 5.97 Å². The van der Waals surface area contributed by atoms with Gasteiger partial charge in [0.25, 0.3) is 0 Å². The minimum absolute atomic E-state index is 0.0297. The number of carbonyl (C=O) groups excluding carboxylic acids is 1. The molecule has 0 aromatic heterocycles. The highest BCUT2D eigenvalue weighted by molar-refractivity contribution is 5.66. The quantitative estimate of drug-likeness (QED) is 0.559. The molecule has 2 saturated carbocycles. The number of rotatable bonds is 2. The van der Waals surface area contributed by atoms with Gasteiger partial charge in [0.2, 0.25) is 0 Å². The molecule has 0 saturated heterocycles. The Bertz CT molecular complexity index is 501. The molecule has 0 radical (unpaired) electrons. The van der Waals surface area contributed by atoms with Crippen molar-refractivity contribution in [2.75, 3.05) is 0 Å². The minimum Gasteiger partial charge on any atom is -0.462 e. The Hall–Kier alpha value is -1.31. The zero-order valence-corrected chi connectivity index (χ0v) is 12.0. The maximum atomic E-state index is 11.3. The summed E-state index contributed by atoms with van der Waals surface area (Å²) in [5.41, 5.74) is 2.51. The first-order chi connectivity index (χ1) is 8.90. The number of hydrogen-bond donors (Lipinski definition) is 0. The van der Waals surface area contributed by atoms with E-state index in [9.17, 15) is 4.79 Å². The van der Waals surface area contributed by atoms with Crippen LogP contribution < -0.4 is 0 Å². The van der Waals surface area contributed by atoms with Crippen LogP contribution in [0.25, 0.3) is 0 Å². The van der Waals surface area contributed by atoms with Crippen molar-refractivity contribution in [3.05, 3.63) is 36.5 Å². The van der Waals surface area contributed by atoms with Gasteiger partial charge >= 0.3 is 5.97 Å². The summed E-state index contributed by atoms with van der Waals surface area (Å²) in [6, 6.07) is 0. The van der Waals surface area contributed by atoms with Crippen LogP contribution in [0.2, 0.25) is 0 Å². The highest BCUT2D eigenvalue weighted by Gasteiger charge is 2.75. The van der Waals surface area contributed by atoms with Gasteiger partial charge < -0.3 is 4.74 Å². The van der Waals surface area contributed by atoms with E-state index in [0.717, 1.165) is 6.42 Å². The molecular formula is C17H22O2. The van der Waals surface area contributed by atoms with Gasteiger partial charge in [-0.15, -0.1) is 0 Å². The molecule has 0 aromatic rings. The zero-order valence-electron chi connectivity index (χ0n) is 12.0. The molecule has 0 bridgehead atoms. The summed E-state index contributed by atoms with van der Waals surface area (Å²) in [5, 5.41) is 0. The van der Waals surface area contributed by atoms with E-state index in [2.05, 4.69) is 39.2 Å². The van der Waals surface area contributed by atoms with Crippen molar-refractivity contribution in [1.82, 2.24) is 0 Å². The Kier molecular flexibility index (Phi) is 2.57. The van der Waals surface area contributed by atoms with E-state index in [0.29, 0.717) is 23.7 Å². The van der Waals surface area contributed by atoms with Crippen LogP contribution in [0.15, 0.2) is 36.5 Å². The van der Waals surface area contributed by atoms with Gasteiger partial charge in [-0.2, -0.15) is 0 Å². The summed E-state index contributed by atoms with van der Waals surface area (Å²) in [6.07, 6.45) is 5.47. The van der Waals surface area contributed by atoms with Crippen molar-refractivity contribution in [1.29, 1.82) is 0 Å². The van der Waals surface area contributed by atoms with Crippen LogP contribution in [0.5, 0.6) is 0 Å². The van der Waals surface area contributed by atoms with E-state index >= 15 is 0 Å². The van der Waals surface area contributed by atoms with Crippen molar-refractivity contribution < 1.29 is 9.53 Å². The summed E-state index contributed by atoms with van der Waals surface area (Å²) in [7, 11) is 0. The summed E-state index contributed by atoms with van der Waals surface area (Å²) >= 11 is 0. The molecule has 0 aliphatic heterocycles. The first-order valence-corrected chi connectivity index (χ1v) is 7.10. The van der Waals surface area contributed by atoms with Crippen LogP contribution in [0, 0.1) is 29.1 Å². The number of carbonyl (C=O) groups is 1. The lowest BCUT2D eigenvalue weighted by atomic mass is 9.71. The normalized spacial score (nSPS) is 46.5. The van der Waals surface area contributed by atoms with Crippen molar-refractivity contribution in [3.8, 4) is 0 Å². The molecule has 2 heteroatoms. The molecule has 0 aromatic carbocycles. The van der Waals surface area contributed by atoms with Gasteiger partial charge in [0.05, 0.1) is 0 Å². The fourth-order valence-corrected chi connectivity index (χ4v) is 4.91. The highest BCUT2D eigenvalue weighted by Crippen LogP contribution is 2.77. The molecule has 3 rings (SSSR count). The maximum Gasteiger partial charge on any atom is 0.302 e. The number of hydrogen-bond acceptors (Lipinski definition) is 2. The summed E-state index contributed by atoms with van der Waals surface area (Å²) in [5.74, 6) is 1.71. The Morgan fingerprint density at radius 2 is 2.16 bits per heavy atom. The van der Waals surface area contributed by atoms with Crippen LogP contribution in [0.1, 0.15) is 27.2 Å². The van der Waals surface area contributed by atoms with E-state index in [1.54, 1.807) is 0 Å². The van der Waals surface area contributed by atoms with Crippen LogP contribution in [0.4, 0.5) is 0 Å². The van der Waals surface area contributed by atoms with E-state index < -0.39 is 0 Å². The van der Waals surface area contributed by atoms with E-state index in [1.807, 2.05) is 0 Å². The molecule has 0 heterocycles. The van der Waals surface area contributed by atoms with Crippen molar-refractivity contribution in [2.45, 2.75) is 33.3 Å². The smallest absolute Gasteiger partial charge is 0.302 e. The fraction of sp³-hybridized carbons (Fsp3) is 0.588. The average Bonchev–Trinajstić information content (AvgIpc) is 2.88. The van der Waals surface area contributed by atoms with Crippen molar-refractivity contribution in [2.24, 2.45) is 29.1 Å². The van der Waals surface area contributed by atoms with Gasteiger partial charge in [0.1, 0.15) is 6.10 Å². The molecule has 6 atom stereocenters. The molecular weight excluding hydrogens is 236 g/mol. The molecule has 1 spiro atoms. The second kappa shape index (κ2) is 3.84. The zero-order chi connectivity index (χ0) is 13.9. The molecule has 3 aliphatic carbocycles. The molecule has 0 unspecified atom stereocenters. The SMILES string of the molecule is C=C(C)[C@@H]1[C@@H]2[C@H](OC(C)=O)C[C@H](C)[C@H]3C=CC(=C)[C@@]231. The predicted molar refractivity (Wildman–Crippen MR) is 75.3 cm³/mol. The largest absolute Gasteiger partial charge is 0.462 e. The molecule has 2 fully saturated rings. The Morgan fingerprint density at radius 1 is 1.47 bits per heavy atom. The van der Waals surface area contributed by atoms with E-state index in [1.165, 1.54) is 18.1 Å². The lowest BCUT2D eigenvalue weighted by Crippen LogP contribution is -2.35. The second-order valence-electron chi connectivity index (χ2n) is 6.55.